The van der Waals surface area contributed by atoms with E-state index >= 15 is 0 Å². The number of hydrogen-bond donors (Lipinski definition) is 2. The molecule has 112 valence electrons. The zero-order valence-corrected chi connectivity index (χ0v) is 13.9. The normalized spacial score (nSPS) is 23.6. The van der Waals surface area contributed by atoms with Crippen LogP contribution in [0.25, 0.3) is 0 Å². The van der Waals surface area contributed by atoms with Crippen LogP contribution in [0.1, 0.15) is 19.8 Å². The molecule has 20 heavy (non-hydrogen) atoms. The maximum atomic E-state index is 12.5. The molecule has 1 aliphatic rings. The number of hydrogen-bond acceptors (Lipinski definition) is 4. The molecular formula is C13H19BrN2O3S. The Kier molecular flexibility index (Phi) is 5.06. The standard InChI is InChI=1S/C13H19BrN2O3S/c1-9-13(4-3-5-15-9)16-20(17,18)12-7-10(14)6-11(8-12)19-2/h6-9,13,15-16H,3-5H2,1-2H3. The van der Waals surface area contributed by atoms with E-state index < -0.39 is 10.0 Å². The summed E-state index contributed by atoms with van der Waals surface area (Å²) >= 11 is 3.30. The van der Waals surface area contributed by atoms with Gasteiger partial charge in [-0.1, -0.05) is 15.9 Å². The highest BCUT2D eigenvalue weighted by Crippen LogP contribution is 2.24. The summed E-state index contributed by atoms with van der Waals surface area (Å²) in [7, 11) is -2.04. The summed E-state index contributed by atoms with van der Waals surface area (Å²) in [5.74, 6) is 0.509. The van der Waals surface area contributed by atoms with Gasteiger partial charge in [-0.25, -0.2) is 13.1 Å². The fraction of sp³-hybridized carbons (Fsp3) is 0.538. The minimum Gasteiger partial charge on any atom is -0.497 e. The lowest BCUT2D eigenvalue weighted by molar-refractivity contribution is 0.348. The third-order valence-corrected chi connectivity index (χ3v) is 5.39. The molecule has 2 unspecified atom stereocenters. The number of nitrogens with one attached hydrogen (secondary N) is 2. The topological polar surface area (TPSA) is 67.4 Å². The molecule has 2 N–H and O–H groups in total. The van der Waals surface area contributed by atoms with Crippen molar-refractivity contribution < 1.29 is 13.2 Å². The van der Waals surface area contributed by atoms with Crippen LogP contribution in [0.3, 0.4) is 0 Å². The predicted molar refractivity (Wildman–Crippen MR) is 81.5 cm³/mol. The first-order valence-corrected chi connectivity index (χ1v) is 8.80. The van der Waals surface area contributed by atoms with Crippen molar-refractivity contribution in [2.75, 3.05) is 13.7 Å². The van der Waals surface area contributed by atoms with Gasteiger partial charge in [0.15, 0.2) is 0 Å². The number of piperidine rings is 1. The summed E-state index contributed by atoms with van der Waals surface area (Å²) in [5.41, 5.74) is 0. The van der Waals surface area contributed by atoms with Crippen LogP contribution in [0, 0.1) is 0 Å². The summed E-state index contributed by atoms with van der Waals surface area (Å²) in [6.07, 6.45) is 1.82. The van der Waals surface area contributed by atoms with Crippen LogP contribution in [0.4, 0.5) is 0 Å². The number of benzene rings is 1. The molecule has 0 spiro atoms. The highest BCUT2D eigenvalue weighted by atomic mass is 79.9. The maximum absolute atomic E-state index is 12.5. The lowest BCUT2D eigenvalue weighted by Gasteiger charge is -2.30. The van der Waals surface area contributed by atoms with Gasteiger partial charge in [0, 0.05) is 22.6 Å². The van der Waals surface area contributed by atoms with Gasteiger partial charge < -0.3 is 10.1 Å². The quantitative estimate of drug-likeness (QED) is 0.857. The Morgan fingerprint density at radius 2 is 2.15 bits per heavy atom. The molecule has 0 amide bonds. The maximum Gasteiger partial charge on any atom is 0.241 e. The summed E-state index contributed by atoms with van der Waals surface area (Å²) in [6, 6.07) is 4.87. The number of sulfonamides is 1. The number of methoxy groups -OCH3 is 1. The van der Waals surface area contributed by atoms with E-state index in [0.29, 0.717) is 10.2 Å². The van der Waals surface area contributed by atoms with Gasteiger partial charge in [0.2, 0.25) is 10.0 Å². The van der Waals surface area contributed by atoms with Crippen LogP contribution >= 0.6 is 15.9 Å². The molecule has 1 heterocycles. The van der Waals surface area contributed by atoms with Gasteiger partial charge in [-0.3, -0.25) is 0 Å². The average molecular weight is 363 g/mol. The largest absolute Gasteiger partial charge is 0.497 e. The van der Waals surface area contributed by atoms with E-state index in [1.165, 1.54) is 13.2 Å². The Morgan fingerprint density at radius 3 is 2.80 bits per heavy atom. The second-order valence-corrected chi connectivity index (χ2v) is 7.57. The lowest BCUT2D eigenvalue weighted by Crippen LogP contribution is -2.51. The van der Waals surface area contributed by atoms with E-state index in [9.17, 15) is 8.42 Å². The van der Waals surface area contributed by atoms with Gasteiger partial charge in [-0.2, -0.15) is 0 Å². The molecular weight excluding hydrogens is 344 g/mol. The van der Waals surface area contributed by atoms with Crippen LogP contribution in [0.15, 0.2) is 27.6 Å². The Bertz CT molecular complexity index is 577. The summed E-state index contributed by atoms with van der Waals surface area (Å²) in [6.45, 7) is 2.93. The van der Waals surface area contributed by atoms with E-state index in [-0.39, 0.29) is 17.0 Å². The van der Waals surface area contributed by atoms with Crippen molar-refractivity contribution >= 4 is 26.0 Å². The zero-order valence-electron chi connectivity index (χ0n) is 11.5. The molecule has 2 atom stereocenters. The molecule has 1 fully saturated rings. The van der Waals surface area contributed by atoms with Crippen LogP contribution in [0.5, 0.6) is 5.75 Å². The SMILES string of the molecule is COc1cc(Br)cc(S(=O)(=O)NC2CCCNC2C)c1. The van der Waals surface area contributed by atoms with E-state index in [2.05, 4.69) is 26.0 Å². The molecule has 0 aliphatic carbocycles. The molecule has 0 aromatic heterocycles. The van der Waals surface area contributed by atoms with Gasteiger partial charge in [0.05, 0.1) is 12.0 Å². The Morgan fingerprint density at radius 1 is 1.40 bits per heavy atom. The predicted octanol–water partition coefficient (Wildman–Crippen LogP) is 1.88. The summed E-state index contributed by atoms with van der Waals surface area (Å²) in [5, 5.41) is 3.28. The van der Waals surface area contributed by atoms with E-state index in [0.717, 1.165) is 19.4 Å². The first-order valence-electron chi connectivity index (χ1n) is 6.52. The second-order valence-electron chi connectivity index (χ2n) is 4.94. The first-order chi connectivity index (χ1) is 9.42. The summed E-state index contributed by atoms with van der Waals surface area (Å²) in [4.78, 5) is 0.210. The van der Waals surface area contributed by atoms with Gasteiger partial charge in [0.25, 0.3) is 0 Å². The highest BCUT2D eigenvalue weighted by Gasteiger charge is 2.26. The van der Waals surface area contributed by atoms with Gasteiger partial charge in [-0.05, 0) is 38.4 Å². The van der Waals surface area contributed by atoms with Gasteiger partial charge >= 0.3 is 0 Å². The molecule has 1 aliphatic heterocycles. The average Bonchev–Trinajstić information content (AvgIpc) is 2.40. The summed E-state index contributed by atoms with van der Waals surface area (Å²) < 4.78 is 33.5. The van der Waals surface area contributed by atoms with Gasteiger partial charge in [-0.15, -0.1) is 0 Å². The first kappa shape index (κ1) is 15.8. The minimum absolute atomic E-state index is 0.0845. The molecule has 1 aromatic carbocycles. The lowest BCUT2D eigenvalue weighted by atomic mass is 10.0. The molecule has 1 saturated heterocycles. The molecule has 0 radical (unpaired) electrons. The van der Waals surface area contributed by atoms with E-state index in [1.54, 1.807) is 12.1 Å². The second kappa shape index (κ2) is 6.43. The fourth-order valence-electron chi connectivity index (χ4n) is 2.28. The van der Waals surface area contributed by atoms with Crippen molar-refractivity contribution in [2.24, 2.45) is 0 Å². The van der Waals surface area contributed by atoms with Gasteiger partial charge in [0.1, 0.15) is 5.75 Å². The molecule has 7 heteroatoms. The highest BCUT2D eigenvalue weighted by molar-refractivity contribution is 9.10. The van der Waals surface area contributed by atoms with Crippen LogP contribution in [-0.4, -0.2) is 34.2 Å². The molecule has 2 rings (SSSR count). The fourth-order valence-corrected chi connectivity index (χ4v) is 4.32. The van der Waals surface area contributed by atoms with E-state index in [4.69, 9.17) is 4.74 Å². The third kappa shape index (κ3) is 3.72. The number of halogens is 1. The number of ether oxygens (including phenoxy) is 1. The van der Waals surface area contributed by atoms with Crippen molar-refractivity contribution in [2.45, 2.75) is 36.7 Å². The Hall–Kier alpha value is -0.630. The van der Waals surface area contributed by atoms with Crippen LogP contribution < -0.4 is 14.8 Å². The Labute approximate surface area is 128 Å². The third-order valence-electron chi connectivity index (χ3n) is 3.46. The van der Waals surface area contributed by atoms with Crippen LogP contribution in [-0.2, 0) is 10.0 Å². The Balaban J connectivity index is 2.23. The number of rotatable bonds is 4. The van der Waals surface area contributed by atoms with Crippen LogP contribution in [0.2, 0.25) is 0 Å². The van der Waals surface area contributed by atoms with Crippen molar-refractivity contribution in [3.05, 3.63) is 22.7 Å². The minimum atomic E-state index is -3.55. The molecule has 1 aromatic rings. The molecule has 0 bridgehead atoms. The van der Waals surface area contributed by atoms with E-state index in [1.807, 2.05) is 6.92 Å². The van der Waals surface area contributed by atoms with Crippen molar-refractivity contribution in [3.8, 4) is 5.75 Å². The monoisotopic (exact) mass is 362 g/mol. The van der Waals surface area contributed by atoms with Crippen molar-refractivity contribution in [1.82, 2.24) is 10.0 Å². The molecule has 5 nitrogen and oxygen atoms in total. The zero-order chi connectivity index (χ0) is 14.8. The molecule has 0 saturated carbocycles. The smallest absolute Gasteiger partial charge is 0.241 e. The van der Waals surface area contributed by atoms with Crippen molar-refractivity contribution in [3.63, 3.8) is 0 Å². The van der Waals surface area contributed by atoms with Crippen molar-refractivity contribution in [1.29, 1.82) is 0 Å².